The highest BCUT2D eigenvalue weighted by Gasteiger charge is 2.22. The van der Waals surface area contributed by atoms with Crippen molar-refractivity contribution in [3.63, 3.8) is 0 Å². The summed E-state index contributed by atoms with van der Waals surface area (Å²) in [5, 5.41) is 2.73. The Kier molecular flexibility index (Phi) is 6.91. The van der Waals surface area contributed by atoms with Crippen molar-refractivity contribution in [3.8, 4) is 0 Å². The topological polar surface area (TPSA) is 52.7 Å². The van der Waals surface area contributed by atoms with Crippen LogP contribution in [0.4, 0.5) is 11.4 Å². The summed E-state index contributed by atoms with van der Waals surface area (Å²) in [5.74, 6) is -0.376. The number of carbonyl (C=O) groups is 2. The number of piperidine rings is 1. The summed E-state index contributed by atoms with van der Waals surface area (Å²) >= 11 is 5.56. The van der Waals surface area contributed by atoms with E-state index in [1.807, 2.05) is 26.0 Å². The van der Waals surface area contributed by atoms with Crippen LogP contribution in [0.2, 0.25) is 0 Å². The van der Waals surface area contributed by atoms with Crippen LogP contribution in [0, 0.1) is 0 Å². The Morgan fingerprint density at radius 2 is 1.83 bits per heavy atom. The standard InChI is InChI=1S/C18H26ClN3O2/c1-3-21(4-2)18(24)15-12-14(20-17(23)13-19)8-9-16(15)22-10-6-5-7-11-22/h8-9,12H,3-7,10-11,13H2,1-2H3,(H,20,23). The van der Waals surface area contributed by atoms with Crippen LogP contribution in [0.1, 0.15) is 43.5 Å². The molecule has 1 heterocycles. The maximum absolute atomic E-state index is 12.9. The quantitative estimate of drug-likeness (QED) is 0.800. The van der Waals surface area contributed by atoms with Crippen LogP contribution in [0.5, 0.6) is 0 Å². The van der Waals surface area contributed by atoms with Crippen molar-refractivity contribution >= 4 is 34.8 Å². The van der Waals surface area contributed by atoms with Crippen LogP contribution in [0.15, 0.2) is 18.2 Å². The molecule has 6 heteroatoms. The summed E-state index contributed by atoms with van der Waals surface area (Å²) in [6.07, 6.45) is 3.52. The van der Waals surface area contributed by atoms with E-state index in [2.05, 4.69) is 10.2 Å². The van der Waals surface area contributed by atoms with Crippen molar-refractivity contribution < 1.29 is 9.59 Å². The summed E-state index contributed by atoms with van der Waals surface area (Å²) in [5.41, 5.74) is 2.21. The van der Waals surface area contributed by atoms with E-state index < -0.39 is 0 Å². The molecule has 1 aliphatic heterocycles. The van der Waals surface area contributed by atoms with Crippen LogP contribution in [-0.4, -0.2) is 48.8 Å². The number of amides is 2. The second kappa shape index (κ2) is 8.92. The molecule has 0 aromatic heterocycles. The molecule has 1 saturated heterocycles. The van der Waals surface area contributed by atoms with Gasteiger partial charge < -0.3 is 15.1 Å². The maximum Gasteiger partial charge on any atom is 0.256 e. The Balaban J connectivity index is 2.37. The monoisotopic (exact) mass is 351 g/mol. The molecule has 0 radical (unpaired) electrons. The predicted octanol–water partition coefficient (Wildman–Crippen LogP) is 3.34. The minimum Gasteiger partial charge on any atom is -0.371 e. The van der Waals surface area contributed by atoms with Crippen molar-refractivity contribution in [3.05, 3.63) is 23.8 Å². The van der Waals surface area contributed by atoms with Gasteiger partial charge in [0.15, 0.2) is 0 Å². The summed E-state index contributed by atoms with van der Waals surface area (Å²) in [6.45, 7) is 7.19. The van der Waals surface area contributed by atoms with Gasteiger partial charge >= 0.3 is 0 Å². The van der Waals surface area contributed by atoms with Gasteiger partial charge in [-0.1, -0.05) is 0 Å². The first-order valence-corrected chi connectivity index (χ1v) is 9.18. The molecule has 0 spiro atoms. The second-order valence-electron chi connectivity index (χ2n) is 5.94. The minimum atomic E-state index is -0.274. The fourth-order valence-electron chi connectivity index (χ4n) is 3.07. The van der Waals surface area contributed by atoms with E-state index in [1.165, 1.54) is 6.42 Å². The highest BCUT2D eigenvalue weighted by Crippen LogP contribution is 2.28. The Labute approximate surface area is 149 Å². The smallest absolute Gasteiger partial charge is 0.256 e. The molecule has 1 aromatic rings. The zero-order valence-electron chi connectivity index (χ0n) is 14.5. The van der Waals surface area contributed by atoms with Crippen LogP contribution < -0.4 is 10.2 Å². The molecule has 1 N–H and O–H groups in total. The van der Waals surface area contributed by atoms with Gasteiger partial charge in [0.2, 0.25) is 5.91 Å². The molecule has 2 amide bonds. The van der Waals surface area contributed by atoms with Gasteiger partial charge in [-0.2, -0.15) is 0 Å². The molecule has 0 bridgehead atoms. The third-order valence-electron chi connectivity index (χ3n) is 4.38. The summed E-state index contributed by atoms with van der Waals surface area (Å²) in [7, 11) is 0. The lowest BCUT2D eigenvalue weighted by Crippen LogP contribution is -2.35. The predicted molar refractivity (Wildman–Crippen MR) is 99.1 cm³/mol. The number of rotatable bonds is 6. The summed E-state index contributed by atoms with van der Waals surface area (Å²) in [4.78, 5) is 28.6. The van der Waals surface area contributed by atoms with E-state index in [9.17, 15) is 9.59 Å². The first kappa shape index (κ1) is 18.6. The molecule has 0 aliphatic carbocycles. The highest BCUT2D eigenvalue weighted by atomic mass is 35.5. The van der Waals surface area contributed by atoms with Crippen LogP contribution in [0.3, 0.4) is 0 Å². The SMILES string of the molecule is CCN(CC)C(=O)c1cc(NC(=O)CCl)ccc1N1CCCCC1. The summed E-state index contributed by atoms with van der Waals surface area (Å²) < 4.78 is 0. The Morgan fingerprint density at radius 1 is 1.17 bits per heavy atom. The zero-order chi connectivity index (χ0) is 17.5. The number of hydrogen-bond donors (Lipinski definition) is 1. The number of benzene rings is 1. The van der Waals surface area contributed by atoms with E-state index in [4.69, 9.17) is 11.6 Å². The molecule has 5 nitrogen and oxygen atoms in total. The Bertz CT molecular complexity index is 582. The van der Waals surface area contributed by atoms with Gasteiger partial charge in [-0.05, 0) is 51.3 Å². The average Bonchev–Trinajstić information content (AvgIpc) is 2.63. The molecule has 1 fully saturated rings. The minimum absolute atomic E-state index is 0.00236. The average molecular weight is 352 g/mol. The van der Waals surface area contributed by atoms with Crippen LogP contribution in [-0.2, 0) is 4.79 Å². The second-order valence-corrected chi connectivity index (χ2v) is 6.21. The van der Waals surface area contributed by atoms with Crippen molar-refractivity contribution in [2.45, 2.75) is 33.1 Å². The summed E-state index contributed by atoms with van der Waals surface area (Å²) in [6, 6.07) is 5.55. The molecule has 1 aliphatic rings. The zero-order valence-corrected chi connectivity index (χ0v) is 15.2. The van der Waals surface area contributed by atoms with Gasteiger partial charge in [0.25, 0.3) is 5.91 Å². The van der Waals surface area contributed by atoms with Crippen LogP contribution in [0.25, 0.3) is 0 Å². The Morgan fingerprint density at radius 3 is 2.42 bits per heavy atom. The molecule has 132 valence electrons. The highest BCUT2D eigenvalue weighted by molar-refractivity contribution is 6.29. The molecule has 0 saturated carbocycles. The number of nitrogens with zero attached hydrogens (tertiary/aromatic N) is 2. The fraction of sp³-hybridized carbons (Fsp3) is 0.556. The van der Waals surface area contributed by atoms with Gasteiger partial charge in [0.05, 0.1) is 5.56 Å². The van der Waals surface area contributed by atoms with E-state index in [1.54, 1.807) is 11.0 Å². The lowest BCUT2D eigenvalue weighted by molar-refractivity contribution is -0.113. The first-order valence-electron chi connectivity index (χ1n) is 8.64. The van der Waals surface area contributed by atoms with Gasteiger partial charge in [0, 0.05) is 37.6 Å². The van der Waals surface area contributed by atoms with Gasteiger partial charge in [-0.15, -0.1) is 11.6 Å². The van der Waals surface area contributed by atoms with Gasteiger partial charge in [-0.25, -0.2) is 0 Å². The third kappa shape index (κ3) is 4.41. The first-order chi connectivity index (χ1) is 11.6. The molecular formula is C18H26ClN3O2. The number of halogens is 1. The fourth-order valence-corrected chi connectivity index (χ4v) is 3.14. The van der Waals surface area contributed by atoms with Crippen molar-refractivity contribution in [2.75, 3.05) is 42.3 Å². The van der Waals surface area contributed by atoms with Crippen LogP contribution >= 0.6 is 11.6 Å². The van der Waals surface area contributed by atoms with E-state index in [0.29, 0.717) is 24.3 Å². The normalized spacial score (nSPS) is 14.4. The van der Waals surface area contributed by atoms with Crippen molar-refractivity contribution in [2.24, 2.45) is 0 Å². The molecule has 2 rings (SSSR count). The van der Waals surface area contributed by atoms with E-state index in [-0.39, 0.29) is 17.7 Å². The molecular weight excluding hydrogens is 326 g/mol. The molecule has 24 heavy (non-hydrogen) atoms. The maximum atomic E-state index is 12.9. The Hall–Kier alpha value is -1.75. The number of carbonyl (C=O) groups excluding carboxylic acids is 2. The largest absolute Gasteiger partial charge is 0.371 e. The number of nitrogens with one attached hydrogen (secondary N) is 1. The third-order valence-corrected chi connectivity index (χ3v) is 4.62. The molecule has 0 atom stereocenters. The number of alkyl halides is 1. The lowest BCUT2D eigenvalue weighted by Gasteiger charge is -2.31. The van der Waals surface area contributed by atoms with Gasteiger partial charge in [-0.3, -0.25) is 9.59 Å². The van der Waals surface area contributed by atoms with Crippen molar-refractivity contribution in [1.29, 1.82) is 0 Å². The molecule has 0 unspecified atom stereocenters. The van der Waals surface area contributed by atoms with E-state index in [0.717, 1.165) is 31.6 Å². The van der Waals surface area contributed by atoms with Crippen molar-refractivity contribution in [1.82, 2.24) is 4.90 Å². The number of anilines is 2. The van der Waals surface area contributed by atoms with Gasteiger partial charge in [0.1, 0.15) is 5.88 Å². The van der Waals surface area contributed by atoms with E-state index >= 15 is 0 Å². The number of hydrogen-bond acceptors (Lipinski definition) is 3. The molecule has 1 aromatic carbocycles. The lowest BCUT2D eigenvalue weighted by atomic mass is 10.1.